The number of aryl methyl sites for hydroxylation is 1. The second kappa shape index (κ2) is 5.08. The topological polar surface area (TPSA) is 72.6 Å². The fourth-order valence-electron chi connectivity index (χ4n) is 1.88. The van der Waals surface area contributed by atoms with Crippen molar-refractivity contribution >= 4 is 16.9 Å². The molecule has 0 aliphatic heterocycles. The average molecular weight is 249 g/mol. The lowest BCUT2D eigenvalue weighted by Gasteiger charge is -2.03. The van der Waals surface area contributed by atoms with Gasteiger partial charge >= 0.3 is 5.97 Å². The van der Waals surface area contributed by atoms with Crippen LogP contribution in [0.25, 0.3) is 11.0 Å². The average Bonchev–Trinajstić information content (AvgIpc) is 2.74. The molecule has 5 nitrogen and oxygen atoms in total. The number of aromatic nitrogens is 1. The number of carbonyl (C=O) groups excluding carboxylic acids is 1. The maximum absolute atomic E-state index is 11.4. The van der Waals surface area contributed by atoms with Gasteiger partial charge in [-0.1, -0.05) is 18.1 Å². The summed E-state index contributed by atoms with van der Waals surface area (Å²) in [6.07, 6.45) is 0.702. The van der Waals surface area contributed by atoms with Gasteiger partial charge in [0.2, 0.25) is 0 Å². The third-order valence-corrected chi connectivity index (χ3v) is 2.76. The van der Waals surface area contributed by atoms with E-state index in [1.165, 1.54) is 0 Å². The molecule has 1 heterocycles. The Kier molecular flexibility index (Phi) is 3.50. The van der Waals surface area contributed by atoms with E-state index in [2.05, 4.69) is 5.16 Å². The third kappa shape index (κ3) is 2.16. The number of phenols is 1. The fraction of sp³-hybridized carbons (Fsp3) is 0.385. The van der Waals surface area contributed by atoms with Gasteiger partial charge < -0.3 is 14.4 Å². The largest absolute Gasteiger partial charge is 0.507 e. The Hall–Kier alpha value is -2.04. The van der Waals surface area contributed by atoms with E-state index >= 15 is 0 Å². The minimum absolute atomic E-state index is 0.00156. The summed E-state index contributed by atoms with van der Waals surface area (Å²) in [5.41, 5.74) is 1.69. The molecule has 0 amide bonds. The smallest absolute Gasteiger partial charge is 0.312 e. The molecule has 2 aromatic rings. The number of hydrogen-bond donors (Lipinski definition) is 1. The number of benzene rings is 1. The van der Waals surface area contributed by atoms with Crippen LogP contribution < -0.4 is 0 Å². The molecule has 0 atom stereocenters. The van der Waals surface area contributed by atoms with Crippen LogP contribution in [-0.2, 0) is 22.4 Å². The van der Waals surface area contributed by atoms with Crippen molar-refractivity contribution in [2.45, 2.75) is 26.7 Å². The Morgan fingerprint density at radius 2 is 2.22 bits per heavy atom. The number of nitrogens with zero attached hydrogens (tertiary/aromatic N) is 1. The predicted octanol–water partition coefficient (Wildman–Crippen LogP) is 2.20. The summed E-state index contributed by atoms with van der Waals surface area (Å²) >= 11 is 0. The molecule has 2 rings (SSSR count). The standard InChI is InChI=1S/C13H15NO4/c1-3-8-5-6-10-12(13(8)16)9(14-18-10)7-11(15)17-4-2/h5-6,16H,3-4,7H2,1-2H3. The second-order valence-corrected chi connectivity index (χ2v) is 3.91. The van der Waals surface area contributed by atoms with Gasteiger partial charge in [-0.15, -0.1) is 0 Å². The maximum atomic E-state index is 11.4. The molecule has 0 bridgehead atoms. The summed E-state index contributed by atoms with van der Waals surface area (Å²) in [7, 11) is 0. The van der Waals surface area contributed by atoms with Crippen LogP contribution in [0.4, 0.5) is 0 Å². The molecule has 5 heteroatoms. The molecule has 1 N–H and O–H groups in total. The Morgan fingerprint density at radius 3 is 2.89 bits per heavy atom. The molecule has 0 fully saturated rings. The third-order valence-electron chi connectivity index (χ3n) is 2.76. The molecule has 0 aliphatic rings. The van der Waals surface area contributed by atoms with Crippen LogP contribution >= 0.6 is 0 Å². The van der Waals surface area contributed by atoms with Crippen molar-refractivity contribution in [3.63, 3.8) is 0 Å². The van der Waals surface area contributed by atoms with Crippen molar-refractivity contribution in [3.8, 4) is 5.75 Å². The fourth-order valence-corrected chi connectivity index (χ4v) is 1.88. The SMILES string of the molecule is CCOC(=O)Cc1noc2ccc(CC)c(O)c12. The molecule has 1 aromatic carbocycles. The van der Waals surface area contributed by atoms with E-state index in [0.29, 0.717) is 29.7 Å². The summed E-state index contributed by atoms with van der Waals surface area (Å²) in [4.78, 5) is 11.4. The summed E-state index contributed by atoms with van der Waals surface area (Å²) in [5, 5.41) is 14.4. The molecule has 0 radical (unpaired) electrons. The predicted molar refractivity (Wildman–Crippen MR) is 65.4 cm³/mol. The summed E-state index contributed by atoms with van der Waals surface area (Å²) < 4.78 is 9.95. The van der Waals surface area contributed by atoms with Crippen LogP contribution in [0.5, 0.6) is 5.75 Å². The van der Waals surface area contributed by atoms with Gasteiger partial charge in [0.25, 0.3) is 0 Å². The van der Waals surface area contributed by atoms with E-state index in [1.807, 2.05) is 6.92 Å². The zero-order chi connectivity index (χ0) is 13.1. The lowest BCUT2D eigenvalue weighted by Crippen LogP contribution is -2.07. The van der Waals surface area contributed by atoms with E-state index in [-0.39, 0.29) is 18.1 Å². The van der Waals surface area contributed by atoms with Gasteiger partial charge in [-0.3, -0.25) is 4.79 Å². The molecule has 0 saturated carbocycles. The zero-order valence-electron chi connectivity index (χ0n) is 10.4. The van der Waals surface area contributed by atoms with Gasteiger partial charge in [-0.05, 0) is 25.0 Å². The molecule has 0 aliphatic carbocycles. The lowest BCUT2D eigenvalue weighted by molar-refractivity contribution is -0.142. The highest BCUT2D eigenvalue weighted by Gasteiger charge is 2.17. The number of rotatable bonds is 4. The van der Waals surface area contributed by atoms with Gasteiger partial charge in [-0.2, -0.15) is 0 Å². The highest BCUT2D eigenvalue weighted by atomic mass is 16.5. The van der Waals surface area contributed by atoms with Crippen molar-refractivity contribution < 1.29 is 19.2 Å². The molecule has 0 spiro atoms. The van der Waals surface area contributed by atoms with Crippen LogP contribution in [0.2, 0.25) is 0 Å². The normalized spacial score (nSPS) is 10.8. The van der Waals surface area contributed by atoms with Crippen LogP contribution in [-0.4, -0.2) is 22.8 Å². The highest BCUT2D eigenvalue weighted by molar-refractivity contribution is 5.90. The minimum Gasteiger partial charge on any atom is -0.507 e. The molecule has 1 aromatic heterocycles. The first-order valence-corrected chi connectivity index (χ1v) is 5.92. The van der Waals surface area contributed by atoms with E-state index in [1.54, 1.807) is 19.1 Å². The zero-order valence-corrected chi connectivity index (χ0v) is 10.4. The van der Waals surface area contributed by atoms with Crippen molar-refractivity contribution in [1.82, 2.24) is 5.16 Å². The van der Waals surface area contributed by atoms with Gasteiger partial charge in [-0.25, -0.2) is 0 Å². The number of hydrogen-bond acceptors (Lipinski definition) is 5. The Balaban J connectivity index is 2.42. The number of ether oxygens (including phenoxy) is 1. The molecular weight excluding hydrogens is 234 g/mol. The first-order chi connectivity index (χ1) is 8.67. The van der Waals surface area contributed by atoms with Crippen LogP contribution in [0.15, 0.2) is 16.7 Å². The second-order valence-electron chi connectivity index (χ2n) is 3.91. The molecule has 0 unspecified atom stereocenters. The molecular formula is C13H15NO4. The number of phenolic OH excluding ortho intramolecular Hbond substituents is 1. The Bertz CT molecular complexity index is 574. The van der Waals surface area contributed by atoms with Crippen LogP contribution in [0.1, 0.15) is 25.1 Å². The number of carbonyl (C=O) groups is 1. The van der Waals surface area contributed by atoms with Crippen molar-refractivity contribution in [2.75, 3.05) is 6.61 Å². The highest BCUT2D eigenvalue weighted by Crippen LogP contribution is 2.32. The molecule has 18 heavy (non-hydrogen) atoms. The Morgan fingerprint density at radius 1 is 1.44 bits per heavy atom. The van der Waals surface area contributed by atoms with E-state index in [9.17, 15) is 9.90 Å². The van der Waals surface area contributed by atoms with Gasteiger partial charge in [0.1, 0.15) is 11.4 Å². The quantitative estimate of drug-likeness (QED) is 0.841. The summed E-state index contributed by atoms with van der Waals surface area (Å²) in [6, 6.07) is 3.53. The van der Waals surface area contributed by atoms with E-state index in [4.69, 9.17) is 9.26 Å². The van der Waals surface area contributed by atoms with Crippen molar-refractivity contribution in [1.29, 1.82) is 0 Å². The summed E-state index contributed by atoms with van der Waals surface area (Å²) in [5.74, 6) is -0.246. The maximum Gasteiger partial charge on any atom is 0.312 e. The lowest BCUT2D eigenvalue weighted by atomic mass is 10.1. The monoisotopic (exact) mass is 249 g/mol. The van der Waals surface area contributed by atoms with Crippen molar-refractivity contribution in [3.05, 3.63) is 23.4 Å². The first kappa shape index (κ1) is 12.4. The van der Waals surface area contributed by atoms with Gasteiger partial charge in [0.15, 0.2) is 5.58 Å². The summed E-state index contributed by atoms with van der Waals surface area (Å²) in [6.45, 7) is 4.01. The van der Waals surface area contributed by atoms with Crippen LogP contribution in [0, 0.1) is 0 Å². The number of esters is 1. The number of aromatic hydroxyl groups is 1. The van der Waals surface area contributed by atoms with E-state index in [0.717, 1.165) is 5.56 Å². The van der Waals surface area contributed by atoms with Crippen LogP contribution in [0.3, 0.4) is 0 Å². The molecule has 96 valence electrons. The Labute approximate surface area is 104 Å². The van der Waals surface area contributed by atoms with Gasteiger partial charge in [0.05, 0.1) is 18.4 Å². The number of fused-ring (bicyclic) bond motifs is 1. The molecule has 0 saturated heterocycles. The first-order valence-electron chi connectivity index (χ1n) is 5.92. The van der Waals surface area contributed by atoms with Gasteiger partial charge in [0, 0.05) is 0 Å². The minimum atomic E-state index is -0.381. The van der Waals surface area contributed by atoms with E-state index < -0.39 is 0 Å². The van der Waals surface area contributed by atoms with Crippen molar-refractivity contribution in [2.24, 2.45) is 0 Å².